The Morgan fingerprint density at radius 2 is 1.96 bits per heavy atom. The summed E-state index contributed by atoms with van der Waals surface area (Å²) in [7, 11) is 1.94. The van der Waals surface area contributed by atoms with E-state index in [1.54, 1.807) is 12.5 Å². The molecule has 3 heterocycles. The number of piperidine rings is 1. The van der Waals surface area contributed by atoms with Crippen molar-refractivity contribution in [3.8, 4) is 0 Å². The molecule has 24 heavy (non-hydrogen) atoms. The first-order chi connectivity index (χ1) is 11.8. The number of hydrogen-bond donors (Lipinski definition) is 1. The molecule has 1 aliphatic heterocycles. The number of nitrogens with zero attached hydrogens (tertiary/aromatic N) is 5. The lowest BCUT2D eigenvalue weighted by Gasteiger charge is -2.34. The Balaban J connectivity index is 1.57. The third-order valence-electron chi connectivity index (χ3n) is 5.02. The van der Waals surface area contributed by atoms with Gasteiger partial charge in [0.05, 0.1) is 6.20 Å². The second-order valence-electron chi connectivity index (χ2n) is 6.36. The summed E-state index contributed by atoms with van der Waals surface area (Å²) >= 11 is 0. The Kier molecular flexibility index (Phi) is 3.90. The topological polar surface area (TPSA) is 72.9 Å². The van der Waals surface area contributed by atoms with Gasteiger partial charge in [-0.05, 0) is 29.9 Å². The van der Waals surface area contributed by atoms with Crippen LogP contribution >= 0.6 is 0 Å². The van der Waals surface area contributed by atoms with E-state index in [-0.39, 0.29) is 0 Å². The maximum absolute atomic E-state index is 5.91. The molecule has 0 radical (unpaired) electrons. The third-order valence-corrected chi connectivity index (χ3v) is 5.02. The first-order valence-electron chi connectivity index (χ1n) is 8.43. The fourth-order valence-corrected chi connectivity index (χ4v) is 3.74. The highest BCUT2D eigenvalue weighted by Gasteiger charge is 2.24. The average molecular weight is 322 g/mol. The maximum atomic E-state index is 5.91. The smallest absolute Gasteiger partial charge is 0.158 e. The lowest BCUT2D eigenvalue weighted by molar-refractivity contribution is 0.500. The number of benzene rings is 1. The average Bonchev–Trinajstić information content (AvgIpc) is 3.03. The molecule has 0 atom stereocenters. The van der Waals surface area contributed by atoms with Crippen LogP contribution in [0.4, 0.5) is 5.82 Å². The molecule has 0 bridgehead atoms. The van der Waals surface area contributed by atoms with Crippen LogP contribution < -0.4 is 10.6 Å². The van der Waals surface area contributed by atoms with Gasteiger partial charge in [-0.25, -0.2) is 9.97 Å². The zero-order valence-electron chi connectivity index (χ0n) is 13.9. The molecule has 0 unspecified atom stereocenters. The first kappa shape index (κ1) is 15.1. The third kappa shape index (κ3) is 2.53. The van der Waals surface area contributed by atoms with Crippen molar-refractivity contribution in [1.82, 2.24) is 19.7 Å². The van der Waals surface area contributed by atoms with Crippen molar-refractivity contribution >= 4 is 16.9 Å². The molecule has 1 aliphatic rings. The molecule has 2 aromatic heterocycles. The van der Waals surface area contributed by atoms with Gasteiger partial charge in [-0.1, -0.05) is 24.3 Å². The molecule has 2 N–H and O–H groups in total. The Hall–Kier alpha value is -2.47. The van der Waals surface area contributed by atoms with Crippen molar-refractivity contribution in [3.05, 3.63) is 47.9 Å². The molecule has 6 heteroatoms. The normalized spacial score (nSPS) is 16.0. The van der Waals surface area contributed by atoms with Crippen LogP contribution in [0.1, 0.15) is 29.9 Å². The lowest BCUT2D eigenvalue weighted by Crippen LogP contribution is -2.34. The molecule has 0 aliphatic carbocycles. The number of fused-ring (bicyclic) bond motifs is 1. The van der Waals surface area contributed by atoms with Crippen molar-refractivity contribution in [2.24, 2.45) is 12.8 Å². The first-order valence-corrected chi connectivity index (χ1v) is 8.43. The summed E-state index contributed by atoms with van der Waals surface area (Å²) in [6.45, 7) is 2.58. The molecule has 1 saturated heterocycles. The number of anilines is 1. The molecule has 124 valence electrons. The van der Waals surface area contributed by atoms with E-state index < -0.39 is 0 Å². The van der Waals surface area contributed by atoms with E-state index in [1.807, 2.05) is 11.7 Å². The van der Waals surface area contributed by atoms with Crippen molar-refractivity contribution in [2.75, 3.05) is 18.0 Å². The highest BCUT2D eigenvalue weighted by atomic mass is 15.3. The van der Waals surface area contributed by atoms with E-state index in [1.165, 1.54) is 11.1 Å². The summed E-state index contributed by atoms with van der Waals surface area (Å²) in [5.74, 6) is 1.57. The van der Waals surface area contributed by atoms with Gasteiger partial charge in [-0.2, -0.15) is 5.10 Å². The quantitative estimate of drug-likeness (QED) is 0.800. The van der Waals surface area contributed by atoms with Gasteiger partial charge in [-0.3, -0.25) is 4.68 Å². The summed E-state index contributed by atoms with van der Waals surface area (Å²) in [5.41, 5.74) is 10.5. The zero-order valence-corrected chi connectivity index (χ0v) is 13.9. The minimum atomic E-state index is 0.574. The van der Waals surface area contributed by atoms with Gasteiger partial charge in [-0.15, -0.1) is 0 Å². The second-order valence-corrected chi connectivity index (χ2v) is 6.36. The number of rotatable bonds is 3. The summed E-state index contributed by atoms with van der Waals surface area (Å²) in [6.07, 6.45) is 5.65. The molecule has 3 aromatic rings. The Morgan fingerprint density at radius 1 is 1.17 bits per heavy atom. The Labute approximate surface area is 141 Å². The standard InChI is InChI=1S/C18H22N6/c1-23-17-16(11-22-23)20-12-21-18(17)24-8-6-13(7-9-24)15-5-3-2-4-14(15)10-19/h2-5,11-13H,6-10,19H2,1H3. The van der Waals surface area contributed by atoms with Crippen molar-refractivity contribution < 1.29 is 0 Å². The van der Waals surface area contributed by atoms with E-state index in [2.05, 4.69) is 44.2 Å². The SMILES string of the molecule is Cn1ncc2ncnc(N3CCC(c4ccccc4CN)CC3)c21. The van der Waals surface area contributed by atoms with Gasteiger partial charge >= 0.3 is 0 Å². The van der Waals surface area contributed by atoms with E-state index in [9.17, 15) is 0 Å². The fraction of sp³-hybridized carbons (Fsp3) is 0.389. The molecule has 4 rings (SSSR count). The van der Waals surface area contributed by atoms with Gasteiger partial charge in [0.1, 0.15) is 17.4 Å². The Morgan fingerprint density at radius 3 is 2.75 bits per heavy atom. The number of nitrogens with two attached hydrogens (primary N) is 1. The monoisotopic (exact) mass is 322 g/mol. The molecule has 0 saturated carbocycles. The molecule has 1 fully saturated rings. The van der Waals surface area contributed by atoms with Crippen LogP contribution in [0.15, 0.2) is 36.8 Å². The van der Waals surface area contributed by atoms with Crippen LogP contribution in [0.25, 0.3) is 11.0 Å². The summed E-state index contributed by atoms with van der Waals surface area (Å²) < 4.78 is 1.86. The van der Waals surface area contributed by atoms with Crippen molar-refractivity contribution in [1.29, 1.82) is 0 Å². The highest BCUT2D eigenvalue weighted by molar-refractivity contribution is 5.85. The van der Waals surface area contributed by atoms with Crippen LogP contribution in [0.5, 0.6) is 0 Å². The molecular weight excluding hydrogens is 300 g/mol. The minimum Gasteiger partial charge on any atom is -0.355 e. The lowest BCUT2D eigenvalue weighted by atomic mass is 9.86. The van der Waals surface area contributed by atoms with Gasteiger partial charge in [0.2, 0.25) is 0 Å². The summed E-state index contributed by atoms with van der Waals surface area (Å²) in [6, 6.07) is 8.56. The Bertz CT molecular complexity index is 848. The number of aromatic nitrogens is 4. The molecule has 0 amide bonds. The van der Waals surface area contributed by atoms with Crippen LogP contribution in [0.3, 0.4) is 0 Å². The van der Waals surface area contributed by atoms with Crippen LogP contribution in [0, 0.1) is 0 Å². The fourth-order valence-electron chi connectivity index (χ4n) is 3.74. The molecular formula is C18H22N6. The van der Waals surface area contributed by atoms with E-state index >= 15 is 0 Å². The molecule has 0 spiro atoms. The largest absolute Gasteiger partial charge is 0.355 e. The minimum absolute atomic E-state index is 0.574. The van der Waals surface area contributed by atoms with E-state index in [0.717, 1.165) is 42.8 Å². The number of hydrogen-bond acceptors (Lipinski definition) is 5. The van der Waals surface area contributed by atoms with Crippen LogP contribution in [0.2, 0.25) is 0 Å². The van der Waals surface area contributed by atoms with E-state index in [4.69, 9.17) is 5.73 Å². The zero-order chi connectivity index (χ0) is 16.5. The van der Waals surface area contributed by atoms with Gasteiger partial charge in [0.25, 0.3) is 0 Å². The number of aryl methyl sites for hydroxylation is 1. The highest BCUT2D eigenvalue weighted by Crippen LogP contribution is 2.33. The van der Waals surface area contributed by atoms with Crippen LogP contribution in [-0.2, 0) is 13.6 Å². The van der Waals surface area contributed by atoms with E-state index in [0.29, 0.717) is 12.5 Å². The molecule has 1 aromatic carbocycles. The van der Waals surface area contributed by atoms with Gasteiger partial charge in [0, 0.05) is 26.7 Å². The van der Waals surface area contributed by atoms with Gasteiger partial charge < -0.3 is 10.6 Å². The summed E-state index contributed by atoms with van der Waals surface area (Å²) in [4.78, 5) is 11.2. The predicted octanol–water partition coefficient (Wildman–Crippen LogP) is 2.21. The summed E-state index contributed by atoms with van der Waals surface area (Å²) in [5, 5.41) is 4.31. The van der Waals surface area contributed by atoms with Crippen LogP contribution in [-0.4, -0.2) is 32.8 Å². The maximum Gasteiger partial charge on any atom is 0.158 e. The van der Waals surface area contributed by atoms with Crippen molar-refractivity contribution in [2.45, 2.75) is 25.3 Å². The second kappa shape index (κ2) is 6.20. The van der Waals surface area contributed by atoms with Gasteiger partial charge in [0.15, 0.2) is 5.82 Å². The van der Waals surface area contributed by atoms with Crippen molar-refractivity contribution in [3.63, 3.8) is 0 Å². The molecule has 6 nitrogen and oxygen atoms in total. The predicted molar refractivity (Wildman–Crippen MR) is 94.8 cm³/mol.